The minimum absolute atomic E-state index is 0.185. The third kappa shape index (κ3) is 3.41. The molecule has 2 rings (SSSR count). The van der Waals surface area contributed by atoms with Gasteiger partial charge < -0.3 is 15.4 Å². The van der Waals surface area contributed by atoms with Crippen molar-refractivity contribution in [2.75, 3.05) is 18.0 Å². The quantitative estimate of drug-likeness (QED) is 0.905. The van der Waals surface area contributed by atoms with Crippen LogP contribution in [0.4, 0.5) is 5.69 Å². The second-order valence-corrected chi connectivity index (χ2v) is 6.89. The van der Waals surface area contributed by atoms with Crippen molar-refractivity contribution in [3.8, 4) is 0 Å². The molecule has 1 fully saturated rings. The molecule has 0 aromatic heterocycles. The molecule has 0 amide bonds. The average Bonchev–Trinajstić information content (AvgIpc) is 2.24. The smallest absolute Gasteiger partial charge is 0.0808 e. The van der Waals surface area contributed by atoms with E-state index in [0.29, 0.717) is 6.54 Å². The maximum absolute atomic E-state index is 6.14. The molecule has 1 aliphatic heterocycles. The number of nitrogens with zero attached hydrogens (tertiary/aromatic N) is 1. The normalized spacial score (nSPS) is 21.5. The minimum atomic E-state index is -0.185. The monoisotopic (exact) mass is 282 g/mol. The number of anilines is 1. The lowest BCUT2D eigenvalue weighted by Gasteiger charge is -2.48. The molecule has 0 spiro atoms. The lowest BCUT2D eigenvalue weighted by atomic mass is 9.97. The Balaban J connectivity index is 2.38. The SMILES string of the molecule is CC1(C)CN(c2cc(Cl)ccc2CN)CC(C)(C)O1. The summed E-state index contributed by atoms with van der Waals surface area (Å²) in [4.78, 5) is 2.33. The molecule has 0 unspecified atom stereocenters. The maximum Gasteiger partial charge on any atom is 0.0808 e. The molecule has 0 aliphatic carbocycles. The summed E-state index contributed by atoms with van der Waals surface area (Å²) in [5, 5.41) is 0.745. The zero-order valence-electron chi connectivity index (χ0n) is 12.2. The third-order valence-electron chi connectivity index (χ3n) is 3.30. The highest BCUT2D eigenvalue weighted by atomic mass is 35.5. The van der Waals surface area contributed by atoms with Crippen LogP contribution in [0.3, 0.4) is 0 Å². The second kappa shape index (κ2) is 4.97. The van der Waals surface area contributed by atoms with Crippen molar-refractivity contribution in [1.82, 2.24) is 0 Å². The van der Waals surface area contributed by atoms with Gasteiger partial charge in [-0.2, -0.15) is 0 Å². The van der Waals surface area contributed by atoms with E-state index in [2.05, 4.69) is 32.6 Å². The number of ether oxygens (including phenoxy) is 1. The van der Waals surface area contributed by atoms with Crippen molar-refractivity contribution in [3.63, 3.8) is 0 Å². The number of nitrogens with two attached hydrogens (primary N) is 1. The molecule has 2 N–H and O–H groups in total. The second-order valence-electron chi connectivity index (χ2n) is 6.45. The molecule has 1 aliphatic rings. The highest BCUT2D eigenvalue weighted by molar-refractivity contribution is 6.30. The van der Waals surface area contributed by atoms with Crippen LogP contribution in [0.2, 0.25) is 5.02 Å². The van der Waals surface area contributed by atoms with Gasteiger partial charge in [0.1, 0.15) is 0 Å². The molecular weight excluding hydrogens is 260 g/mol. The third-order valence-corrected chi connectivity index (χ3v) is 3.54. The van der Waals surface area contributed by atoms with Crippen LogP contribution in [0.25, 0.3) is 0 Å². The zero-order chi connectivity index (χ0) is 14.3. The van der Waals surface area contributed by atoms with Gasteiger partial charge in [-0.15, -0.1) is 0 Å². The van der Waals surface area contributed by atoms with Crippen LogP contribution in [0, 0.1) is 0 Å². The van der Waals surface area contributed by atoms with Crippen LogP contribution in [-0.4, -0.2) is 24.3 Å². The van der Waals surface area contributed by atoms with E-state index in [9.17, 15) is 0 Å². The van der Waals surface area contributed by atoms with Gasteiger partial charge in [0.05, 0.1) is 11.2 Å². The van der Waals surface area contributed by atoms with E-state index in [-0.39, 0.29) is 11.2 Å². The predicted molar refractivity (Wildman–Crippen MR) is 80.8 cm³/mol. The molecule has 0 atom stereocenters. The van der Waals surface area contributed by atoms with E-state index in [1.165, 1.54) is 0 Å². The molecule has 1 heterocycles. The number of hydrogen-bond donors (Lipinski definition) is 1. The first-order valence-electron chi connectivity index (χ1n) is 6.66. The molecule has 1 aromatic carbocycles. The Morgan fingerprint density at radius 1 is 1.21 bits per heavy atom. The Morgan fingerprint density at radius 2 is 1.79 bits per heavy atom. The van der Waals surface area contributed by atoms with Crippen molar-refractivity contribution < 1.29 is 4.74 Å². The van der Waals surface area contributed by atoms with Crippen LogP contribution >= 0.6 is 11.6 Å². The van der Waals surface area contributed by atoms with E-state index in [0.717, 1.165) is 29.4 Å². The van der Waals surface area contributed by atoms with Gasteiger partial charge in [0.25, 0.3) is 0 Å². The zero-order valence-corrected chi connectivity index (χ0v) is 12.9. The molecule has 19 heavy (non-hydrogen) atoms. The van der Waals surface area contributed by atoms with Gasteiger partial charge in [0, 0.05) is 30.3 Å². The first-order chi connectivity index (χ1) is 8.72. The Bertz CT molecular complexity index is 455. The van der Waals surface area contributed by atoms with Crippen molar-refractivity contribution in [1.29, 1.82) is 0 Å². The van der Waals surface area contributed by atoms with E-state index >= 15 is 0 Å². The molecular formula is C15H23ClN2O. The summed E-state index contributed by atoms with van der Waals surface area (Å²) in [6.07, 6.45) is 0. The number of rotatable bonds is 2. The van der Waals surface area contributed by atoms with Crippen molar-refractivity contribution in [2.45, 2.75) is 45.4 Å². The van der Waals surface area contributed by atoms with E-state index < -0.39 is 0 Å². The topological polar surface area (TPSA) is 38.5 Å². The fourth-order valence-electron chi connectivity index (χ4n) is 2.96. The predicted octanol–water partition coefficient (Wildman–Crippen LogP) is 3.19. The Labute approximate surface area is 120 Å². The first-order valence-corrected chi connectivity index (χ1v) is 7.04. The van der Waals surface area contributed by atoms with Gasteiger partial charge in [0.15, 0.2) is 0 Å². The Morgan fingerprint density at radius 3 is 2.32 bits per heavy atom. The van der Waals surface area contributed by atoms with Crippen LogP contribution in [-0.2, 0) is 11.3 Å². The summed E-state index contributed by atoms with van der Waals surface area (Å²) in [7, 11) is 0. The summed E-state index contributed by atoms with van der Waals surface area (Å²) in [5.74, 6) is 0. The number of morpholine rings is 1. The highest BCUT2D eigenvalue weighted by Gasteiger charge is 2.38. The number of benzene rings is 1. The van der Waals surface area contributed by atoms with Crippen LogP contribution in [0.15, 0.2) is 18.2 Å². The van der Waals surface area contributed by atoms with Crippen molar-refractivity contribution >= 4 is 17.3 Å². The summed E-state index contributed by atoms with van der Waals surface area (Å²) in [6.45, 7) is 10.7. The molecule has 4 heteroatoms. The fraction of sp³-hybridized carbons (Fsp3) is 0.600. The van der Waals surface area contributed by atoms with Crippen molar-refractivity contribution in [2.24, 2.45) is 5.73 Å². The van der Waals surface area contributed by atoms with E-state index in [1.54, 1.807) is 0 Å². The first kappa shape index (κ1) is 14.6. The van der Waals surface area contributed by atoms with Gasteiger partial charge in [0.2, 0.25) is 0 Å². The molecule has 3 nitrogen and oxygen atoms in total. The fourth-order valence-corrected chi connectivity index (χ4v) is 3.13. The molecule has 106 valence electrons. The van der Waals surface area contributed by atoms with Gasteiger partial charge in [-0.05, 0) is 45.4 Å². The number of halogens is 1. The summed E-state index contributed by atoms with van der Waals surface area (Å²) < 4.78 is 6.11. The lowest BCUT2D eigenvalue weighted by Crippen LogP contribution is -2.57. The Kier molecular flexibility index (Phi) is 3.83. The Hall–Kier alpha value is -0.770. The van der Waals surface area contributed by atoms with Crippen LogP contribution in [0.5, 0.6) is 0 Å². The molecule has 0 saturated carbocycles. The molecule has 1 aromatic rings. The average molecular weight is 283 g/mol. The minimum Gasteiger partial charge on any atom is -0.366 e. The molecule has 0 radical (unpaired) electrons. The maximum atomic E-state index is 6.14. The molecule has 0 bridgehead atoms. The largest absolute Gasteiger partial charge is 0.366 e. The van der Waals surface area contributed by atoms with E-state index in [4.69, 9.17) is 22.1 Å². The number of hydrogen-bond acceptors (Lipinski definition) is 3. The van der Waals surface area contributed by atoms with Gasteiger partial charge in [-0.1, -0.05) is 17.7 Å². The van der Waals surface area contributed by atoms with E-state index in [1.807, 2.05) is 18.2 Å². The standard InChI is InChI=1S/C15H23ClN2O/c1-14(2)9-18(10-15(3,4)19-14)13-7-12(16)6-5-11(13)8-17/h5-7H,8-10,17H2,1-4H3. The summed E-state index contributed by atoms with van der Waals surface area (Å²) >= 11 is 6.14. The van der Waals surface area contributed by atoms with Gasteiger partial charge >= 0.3 is 0 Å². The summed E-state index contributed by atoms with van der Waals surface area (Å²) in [5.41, 5.74) is 7.72. The molecule has 1 saturated heterocycles. The highest BCUT2D eigenvalue weighted by Crippen LogP contribution is 2.34. The summed E-state index contributed by atoms with van der Waals surface area (Å²) in [6, 6.07) is 5.90. The van der Waals surface area contributed by atoms with Gasteiger partial charge in [-0.25, -0.2) is 0 Å². The van der Waals surface area contributed by atoms with Crippen molar-refractivity contribution in [3.05, 3.63) is 28.8 Å². The van der Waals surface area contributed by atoms with Crippen LogP contribution in [0.1, 0.15) is 33.3 Å². The lowest BCUT2D eigenvalue weighted by molar-refractivity contribution is -0.133. The van der Waals surface area contributed by atoms with Crippen LogP contribution < -0.4 is 10.6 Å². The van der Waals surface area contributed by atoms with Gasteiger partial charge in [-0.3, -0.25) is 0 Å².